The molecule has 0 saturated carbocycles. The van der Waals surface area contributed by atoms with Crippen molar-refractivity contribution >= 4 is 7.12 Å². The first-order chi connectivity index (χ1) is 7.95. The predicted octanol–water partition coefficient (Wildman–Crippen LogP) is -1.61. The standard InChI is InChI=1S/C6H6BN9/c1-8-4-14(11-1)7(15-5-9-2-12-15)16-6-10-3-13-16/h1-6H. The molecule has 0 atom stereocenters. The molecule has 0 unspecified atom stereocenters. The zero-order chi connectivity index (χ0) is 10.8. The van der Waals surface area contributed by atoms with Crippen LogP contribution in [0.2, 0.25) is 0 Å². The molecule has 0 N–H and O–H groups in total. The van der Waals surface area contributed by atoms with Gasteiger partial charge in [0.05, 0.1) is 0 Å². The molecule has 3 aromatic rings. The molecule has 0 amide bonds. The Morgan fingerprint density at radius 1 is 0.625 bits per heavy atom. The lowest BCUT2D eigenvalue weighted by atomic mass is 9.96. The van der Waals surface area contributed by atoms with Crippen LogP contribution in [0.25, 0.3) is 0 Å². The molecular formula is C6H6BN9. The summed E-state index contributed by atoms with van der Waals surface area (Å²) in [7, 11) is -0.382. The average molecular weight is 215 g/mol. The summed E-state index contributed by atoms with van der Waals surface area (Å²) in [5.74, 6) is 0. The molecule has 3 heterocycles. The van der Waals surface area contributed by atoms with E-state index in [1.54, 1.807) is 32.8 Å². The third kappa shape index (κ3) is 1.36. The minimum absolute atomic E-state index is 0.382. The van der Waals surface area contributed by atoms with Crippen LogP contribution < -0.4 is 0 Å². The van der Waals surface area contributed by atoms with Crippen molar-refractivity contribution in [2.45, 2.75) is 0 Å². The largest absolute Gasteiger partial charge is 0.572 e. The Balaban J connectivity index is 2.09. The fourth-order valence-corrected chi connectivity index (χ4v) is 1.37. The lowest BCUT2D eigenvalue weighted by Crippen LogP contribution is -2.42. The van der Waals surface area contributed by atoms with Crippen molar-refractivity contribution < 1.29 is 0 Å². The van der Waals surface area contributed by atoms with E-state index >= 15 is 0 Å². The van der Waals surface area contributed by atoms with E-state index in [2.05, 4.69) is 30.2 Å². The summed E-state index contributed by atoms with van der Waals surface area (Å²) in [6, 6.07) is 0. The molecule has 0 aliphatic carbocycles. The maximum Gasteiger partial charge on any atom is 0.572 e. The highest BCUT2D eigenvalue weighted by Gasteiger charge is 2.26. The Kier molecular flexibility index (Phi) is 1.95. The van der Waals surface area contributed by atoms with Crippen molar-refractivity contribution in [1.29, 1.82) is 0 Å². The summed E-state index contributed by atoms with van der Waals surface area (Å²) in [5, 5.41) is 12.2. The Hall–Kier alpha value is -2.52. The van der Waals surface area contributed by atoms with E-state index in [4.69, 9.17) is 0 Å². The van der Waals surface area contributed by atoms with E-state index < -0.39 is 0 Å². The first-order valence-corrected chi connectivity index (χ1v) is 4.47. The number of hydrogen-bond donors (Lipinski definition) is 0. The summed E-state index contributed by atoms with van der Waals surface area (Å²) < 4.78 is 4.80. The number of hydrogen-bond acceptors (Lipinski definition) is 6. The van der Waals surface area contributed by atoms with Crippen molar-refractivity contribution in [2.75, 3.05) is 0 Å². The SMILES string of the molecule is c1ncn(B(n2cncn2)n2cncn2)n1. The molecule has 16 heavy (non-hydrogen) atoms. The molecule has 0 aromatic carbocycles. The molecular weight excluding hydrogens is 209 g/mol. The predicted molar refractivity (Wildman–Crippen MR) is 52.0 cm³/mol. The van der Waals surface area contributed by atoms with Crippen LogP contribution in [0.15, 0.2) is 38.0 Å². The third-order valence-electron chi connectivity index (χ3n) is 2.02. The lowest BCUT2D eigenvalue weighted by molar-refractivity contribution is 0.769. The zero-order valence-electron chi connectivity index (χ0n) is 8.07. The third-order valence-corrected chi connectivity index (χ3v) is 2.02. The summed E-state index contributed by atoms with van der Waals surface area (Å²) in [6.07, 6.45) is 9.07. The molecule has 0 spiro atoms. The number of rotatable bonds is 3. The molecule has 3 aromatic heterocycles. The van der Waals surface area contributed by atoms with E-state index in [9.17, 15) is 0 Å². The van der Waals surface area contributed by atoms with Crippen molar-refractivity contribution in [3.05, 3.63) is 38.0 Å². The molecule has 3 rings (SSSR count). The van der Waals surface area contributed by atoms with Gasteiger partial charge in [-0.25, -0.2) is 28.7 Å². The maximum atomic E-state index is 4.06. The minimum Gasteiger partial charge on any atom is -0.250 e. The van der Waals surface area contributed by atoms with Crippen LogP contribution in [0.5, 0.6) is 0 Å². The molecule has 78 valence electrons. The van der Waals surface area contributed by atoms with Crippen LogP contribution in [0.4, 0.5) is 0 Å². The smallest absolute Gasteiger partial charge is 0.250 e. The van der Waals surface area contributed by atoms with Gasteiger partial charge in [0.15, 0.2) is 0 Å². The van der Waals surface area contributed by atoms with Gasteiger partial charge in [-0.2, -0.15) is 15.3 Å². The zero-order valence-corrected chi connectivity index (χ0v) is 8.07. The maximum absolute atomic E-state index is 4.06. The van der Waals surface area contributed by atoms with Crippen LogP contribution in [-0.2, 0) is 0 Å². The van der Waals surface area contributed by atoms with Gasteiger partial charge in [-0.1, -0.05) is 0 Å². The average Bonchev–Trinajstić information content (AvgIpc) is 3.02. The molecule has 0 bridgehead atoms. The minimum atomic E-state index is -0.382. The number of aromatic nitrogens is 9. The van der Waals surface area contributed by atoms with Crippen molar-refractivity contribution in [1.82, 2.24) is 44.0 Å². The van der Waals surface area contributed by atoms with Gasteiger partial charge in [0.2, 0.25) is 0 Å². The summed E-state index contributed by atoms with van der Waals surface area (Å²) >= 11 is 0. The Labute approximate surface area is 89.9 Å². The highest BCUT2D eigenvalue weighted by molar-refractivity contribution is 6.52. The van der Waals surface area contributed by atoms with E-state index in [1.165, 1.54) is 19.0 Å². The van der Waals surface area contributed by atoms with Gasteiger partial charge >= 0.3 is 7.12 Å². The van der Waals surface area contributed by atoms with Crippen molar-refractivity contribution in [3.8, 4) is 0 Å². The second-order valence-electron chi connectivity index (χ2n) is 2.97. The van der Waals surface area contributed by atoms with Crippen LogP contribution >= 0.6 is 0 Å². The molecule has 0 saturated heterocycles. The van der Waals surface area contributed by atoms with Gasteiger partial charge in [-0.05, 0) is 0 Å². The fourth-order valence-electron chi connectivity index (χ4n) is 1.37. The van der Waals surface area contributed by atoms with Gasteiger partial charge in [0.25, 0.3) is 0 Å². The van der Waals surface area contributed by atoms with Gasteiger partial charge in [-0.15, -0.1) is 0 Å². The first-order valence-electron chi connectivity index (χ1n) is 4.47. The second-order valence-corrected chi connectivity index (χ2v) is 2.97. The van der Waals surface area contributed by atoms with Crippen LogP contribution in [0.3, 0.4) is 0 Å². The molecule has 0 aliphatic rings. The Morgan fingerprint density at radius 3 is 1.25 bits per heavy atom. The molecule has 0 aliphatic heterocycles. The molecule has 0 radical (unpaired) electrons. The highest BCUT2D eigenvalue weighted by Crippen LogP contribution is 1.93. The van der Waals surface area contributed by atoms with E-state index in [-0.39, 0.29) is 7.12 Å². The second kappa shape index (κ2) is 3.57. The molecule has 10 heteroatoms. The van der Waals surface area contributed by atoms with E-state index in [1.807, 2.05) is 0 Å². The van der Waals surface area contributed by atoms with E-state index in [0.29, 0.717) is 0 Å². The first kappa shape index (κ1) is 8.77. The summed E-state index contributed by atoms with van der Waals surface area (Å²) in [5.41, 5.74) is 0. The van der Waals surface area contributed by atoms with Gasteiger partial charge < -0.3 is 0 Å². The quantitative estimate of drug-likeness (QED) is 0.488. The monoisotopic (exact) mass is 215 g/mol. The van der Waals surface area contributed by atoms with Gasteiger partial charge in [0.1, 0.15) is 38.0 Å². The Morgan fingerprint density at radius 2 is 1.00 bits per heavy atom. The van der Waals surface area contributed by atoms with Gasteiger partial charge in [0, 0.05) is 0 Å². The van der Waals surface area contributed by atoms with Crippen LogP contribution in [0, 0.1) is 0 Å². The van der Waals surface area contributed by atoms with Crippen LogP contribution in [0.1, 0.15) is 0 Å². The normalized spacial score (nSPS) is 10.5. The van der Waals surface area contributed by atoms with E-state index in [0.717, 1.165) is 0 Å². The van der Waals surface area contributed by atoms with Crippen molar-refractivity contribution in [2.24, 2.45) is 0 Å². The molecule has 0 fully saturated rings. The summed E-state index contributed by atoms with van der Waals surface area (Å²) in [4.78, 5) is 11.7. The summed E-state index contributed by atoms with van der Waals surface area (Å²) in [6.45, 7) is 0. The Bertz CT molecular complexity index is 445. The highest BCUT2D eigenvalue weighted by atomic mass is 15.5. The van der Waals surface area contributed by atoms with Crippen LogP contribution in [-0.4, -0.2) is 51.1 Å². The van der Waals surface area contributed by atoms with Gasteiger partial charge in [-0.3, -0.25) is 0 Å². The topological polar surface area (TPSA) is 92.1 Å². The number of nitrogens with zero attached hydrogens (tertiary/aromatic N) is 9. The van der Waals surface area contributed by atoms with Crippen molar-refractivity contribution in [3.63, 3.8) is 0 Å². The lowest BCUT2D eigenvalue weighted by Gasteiger charge is -2.10. The fraction of sp³-hybridized carbons (Fsp3) is 0. The molecule has 9 nitrogen and oxygen atoms in total.